The number of hydrogen-bond donors (Lipinski definition) is 0. The molecule has 0 aliphatic heterocycles. The molecule has 0 bridgehead atoms. The van der Waals surface area contributed by atoms with E-state index in [4.69, 9.17) is 0 Å². The minimum Gasteiger partial charge on any atom is -0.256 e. The summed E-state index contributed by atoms with van der Waals surface area (Å²) in [5.41, 5.74) is 6.92. The van der Waals surface area contributed by atoms with Crippen LogP contribution < -0.4 is 0 Å². The van der Waals surface area contributed by atoms with Crippen molar-refractivity contribution in [1.82, 2.24) is 15.0 Å². The highest BCUT2D eigenvalue weighted by Crippen LogP contribution is 2.36. The Labute approximate surface area is 132 Å². The highest BCUT2D eigenvalue weighted by molar-refractivity contribution is 7.13. The van der Waals surface area contributed by atoms with Crippen LogP contribution in [0.2, 0.25) is 0 Å². The average Bonchev–Trinajstić information content (AvgIpc) is 3.04. The van der Waals surface area contributed by atoms with Gasteiger partial charge in [-0.05, 0) is 31.2 Å². The first-order valence-electron chi connectivity index (χ1n) is 7.04. The molecule has 4 heteroatoms. The molecule has 0 atom stereocenters. The van der Waals surface area contributed by atoms with Crippen molar-refractivity contribution in [2.75, 3.05) is 0 Å². The molecular formula is C18H13N3S. The Hall–Kier alpha value is -2.59. The summed E-state index contributed by atoms with van der Waals surface area (Å²) in [5, 5.41) is 1.12. The summed E-state index contributed by atoms with van der Waals surface area (Å²) in [4.78, 5) is 14.8. The lowest BCUT2D eigenvalue weighted by Gasteiger charge is -2.06. The standard InChI is InChI=1S/C18H13N3S/c1-12-5-4-8-16(21-12)18-17(20-11-22-18)14-9-10-19-15-7-3-2-6-13(14)15/h2-11H,1H3. The second kappa shape index (κ2) is 5.31. The second-order valence-corrected chi connectivity index (χ2v) is 5.92. The number of pyridine rings is 2. The van der Waals surface area contributed by atoms with Gasteiger partial charge in [-0.25, -0.2) is 4.98 Å². The van der Waals surface area contributed by atoms with Crippen LogP contribution in [0.4, 0.5) is 0 Å². The summed E-state index contributed by atoms with van der Waals surface area (Å²) in [5.74, 6) is 0. The molecule has 0 saturated carbocycles. The lowest BCUT2D eigenvalue weighted by Crippen LogP contribution is -1.89. The summed E-state index contributed by atoms with van der Waals surface area (Å²) >= 11 is 1.62. The van der Waals surface area contributed by atoms with Crippen molar-refractivity contribution in [2.45, 2.75) is 6.92 Å². The van der Waals surface area contributed by atoms with Gasteiger partial charge in [0.25, 0.3) is 0 Å². The molecule has 106 valence electrons. The van der Waals surface area contributed by atoms with E-state index >= 15 is 0 Å². The lowest BCUT2D eigenvalue weighted by atomic mass is 10.0. The maximum atomic E-state index is 4.64. The fraction of sp³-hybridized carbons (Fsp3) is 0.0556. The van der Waals surface area contributed by atoms with Gasteiger partial charge in [-0.15, -0.1) is 11.3 Å². The van der Waals surface area contributed by atoms with Gasteiger partial charge in [-0.1, -0.05) is 24.3 Å². The molecule has 3 nitrogen and oxygen atoms in total. The Morgan fingerprint density at radius 3 is 2.73 bits per heavy atom. The molecule has 0 saturated heterocycles. The van der Waals surface area contributed by atoms with Crippen LogP contribution in [0.15, 0.2) is 60.2 Å². The van der Waals surface area contributed by atoms with Crippen LogP contribution in [0.25, 0.3) is 32.7 Å². The van der Waals surface area contributed by atoms with Crippen LogP contribution in [0.5, 0.6) is 0 Å². The van der Waals surface area contributed by atoms with E-state index < -0.39 is 0 Å². The molecule has 4 aromatic rings. The van der Waals surface area contributed by atoms with Crippen molar-refractivity contribution in [3.8, 4) is 21.8 Å². The van der Waals surface area contributed by atoms with E-state index in [1.807, 2.05) is 61.1 Å². The second-order valence-electron chi connectivity index (χ2n) is 5.07. The average molecular weight is 303 g/mol. The van der Waals surface area contributed by atoms with E-state index in [1.165, 1.54) is 0 Å². The van der Waals surface area contributed by atoms with Gasteiger partial charge >= 0.3 is 0 Å². The quantitative estimate of drug-likeness (QED) is 0.537. The van der Waals surface area contributed by atoms with Gasteiger partial charge in [0.2, 0.25) is 0 Å². The number of rotatable bonds is 2. The summed E-state index contributed by atoms with van der Waals surface area (Å²) in [7, 11) is 0. The molecule has 0 aliphatic rings. The Balaban J connectivity index is 1.96. The molecule has 0 N–H and O–H groups in total. The summed E-state index contributed by atoms with van der Waals surface area (Å²) in [6, 6.07) is 16.2. The van der Waals surface area contributed by atoms with Crippen LogP contribution >= 0.6 is 11.3 Å². The van der Waals surface area contributed by atoms with Gasteiger partial charge in [0.15, 0.2) is 0 Å². The molecule has 0 unspecified atom stereocenters. The van der Waals surface area contributed by atoms with Gasteiger partial charge in [-0.2, -0.15) is 0 Å². The van der Waals surface area contributed by atoms with E-state index in [-0.39, 0.29) is 0 Å². The third-order valence-corrected chi connectivity index (χ3v) is 4.44. The van der Waals surface area contributed by atoms with Gasteiger partial charge in [-0.3, -0.25) is 9.97 Å². The van der Waals surface area contributed by atoms with Crippen molar-refractivity contribution in [1.29, 1.82) is 0 Å². The Bertz CT molecular complexity index is 954. The summed E-state index contributed by atoms with van der Waals surface area (Å²) in [6.07, 6.45) is 1.84. The molecule has 0 radical (unpaired) electrons. The topological polar surface area (TPSA) is 38.7 Å². The third kappa shape index (κ3) is 2.18. The van der Waals surface area contributed by atoms with Crippen LogP contribution in [0.1, 0.15) is 5.69 Å². The number of hydrogen-bond acceptors (Lipinski definition) is 4. The maximum absolute atomic E-state index is 4.64. The minimum atomic E-state index is 0.971. The zero-order chi connectivity index (χ0) is 14.9. The fourth-order valence-corrected chi connectivity index (χ4v) is 3.36. The third-order valence-electron chi connectivity index (χ3n) is 3.59. The molecule has 22 heavy (non-hydrogen) atoms. The van der Waals surface area contributed by atoms with Crippen molar-refractivity contribution in [2.24, 2.45) is 0 Å². The molecular weight excluding hydrogens is 290 g/mol. The number of benzene rings is 1. The number of para-hydroxylation sites is 1. The monoisotopic (exact) mass is 303 g/mol. The first-order chi connectivity index (χ1) is 10.8. The number of nitrogens with zero attached hydrogens (tertiary/aromatic N) is 3. The predicted molar refractivity (Wildman–Crippen MR) is 90.8 cm³/mol. The largest absolute Gasteiger partial charge is 0.256 e. The van der Waals surface area contributed by atoms with E-state index in [0.717, 1.165) is 38.4 Å². The van der Waals surface area contributed by atoms with Crippen LogP contribution in [0.3, 0.4) is 0 Å². The van der Waals surface area contributed by atoms with Crippen LogP contribution in [-0.2, 0) is 0 Å². The highest BCUT2D eigenvalue weighted by Gasteiger charge is 2.14. The lowest BCUT2D eigenvalue weighted by molar-refractivity contribution is 1.21. The molecule has 0 aliphatic carbocycles. The molecule has 0 spiro atoms. The number of fused-ring (bicyclic) bond motifs is 1. The van der Waals surface area contributed by atoms with E-state index in [0.29, 0.717) is 0 Å². The van der Waals surface area contributed by atoms with Crippen molar-refractivity contribution >= 4 is 22.2 Å². The van der Waals surface area contributed by atoms with Gasteiger partial charge < -0.3 is 0 Å². The van der Waals surface area contributed by atoms with E-state index in [1.54, 1.807) is 11.3 Å². The molecule has 0 amide bonds. The molecule has 0 fully saturated rings. The Kier molecular flexibility index (Phi) is 3.16. The van der Waals surface area contributed by atoms with Crippen molar-refractivity contribution in [3.63, 3.8) is 0 Å². The molecule has 4 rings (SSSR count). The smallest absolute Gasteiger partial charge is 0.0913 e. The molecule has 3 aromatic heterocycles. The van der Waals surface area contributed by atoms with E-state index in [2.05, 4.69) is 21.0 Å². The highest BCUT2D eigenvalue weighted by atomic mass is 32.1. The van der Waals surface area contributed by atoms with E-state index in [9.17, 15) is 0 Å². The normalized spacial score (nSPS) is 11.0. The summed E-state index contributed by atoms with van der Waals surface area (Å²) < 4.78 is 0. The summed E-state index contributed by atoms with van der Waals surface area (Å²) in [6.45, 7) is 2.01. The molecule has 3 heterocycles. The number of thiazole rings is 1. The van der Waals surface area contributed by atoms with Crippen LogP contribution in [-0.4, -0.2) is 15.0 Å². The van der Waals surface area contributed by atoms with Crippen LogP contribution in [0, 0.1) is 6.92 Å². The molecule has 1 aromatic carbocycles. The predicted octanol–water partition coefficient (Wildman–Crippen LogP) is 4.73. The fourth-order valence-electron chi connectivity index (χ4n) is 2.59. The maximum Gasteiger partial charge on any atom is 0.0913 e. The first kappa shape index (κ1) is 13.1. The zero-order valence-corrected chi connectivity index (χ0v) is 12.8. The zero-order valence-electron chi connectivity index (χ0n) is 12.0. The minimum absolute atomic E-state index is 0.971. The number of aromatic nitrogens is 3. The Morgan fingerprint density at radius 1 is 0.909 bits per heavy atom. The van der Waals surface area contributed by atoms with Gasteiger partial charge in [0.05, 0.1) is 27.3 Å². The van der Waals surface area contributed by atoms with Gasteiger partial charge in [0.1, 0.15) is 0 Å². The first-order valence-corrected chi connectivity index (χ1v) is 7.92. The van der Waals surface area contributed by atoms with Crippen molar-refractivity contribution in [3.05, 3.63) is 65.9 Å². The van der Waals surface area contributed by atoms with Gasteiger partial charge in [0, 0.05) is 22.8 Å². The van der Waals surface area contributed by atoms with Crippen molar-refractivity contribution < 1.29 is 0 Å². The SMILES string of the molecule is Cc1cccc(-c2scnc2-c2ccnc3ccccc23)n1. The number of aryl methyl sites for hydroxylation is 1. The Morgan fingerprint density at radius 2 is 1.82 bits per heavy atom.